The third-order valence-electron chi connectivity index (χ3n) is 3.77. The summed E-state index contributed by atoms with van der Waals surface area (Å²) in [4.78, 5) is 12.8. The molecule has 0 aliphatic rings. The lowest BCUT2D eigenvalue weighted by atomic mass is 10.0. The minimum Gasteiger partial charge on any atom is -0.493 e. The van der Waals surface area contributed by atoms with Gasteiger partial charge in [0.05, 0.1) is 27.4 Å². The van der Waals surface area contributed by atoms with Gasteiger partial charge in [-0.25, -0.2) is 0 Å². The fourth-order valence-electron chi connectivity index (χ4n) is 2.53. The lowest BCUT2D eigenvalue weighted by Crippen LogP contribution is -2.06. The molecule has 0 bridgehead atoms. The van der Waals surface area contributed by atoms with Crippen LogP contribution in [0.25, 0.3) is 0 Å². The van der Waals surface area contributed by atoms with E-state index in [1.54, 1.807) is 44.6 Å². The molecule has 0 aliphatic carbocycles. The van der Waals surface area contributed by atoms with Crippen molar-refractivity contribution >= 4 is 21.7 Å². The van der Waals surface area contributed by atoms with Crippen LogP contribution in [0.5, 0.6) is 23.0 Å². The van der Waals surface area contributed by atoms with E-state index in [1.807, 2.05) is 13.8 Å². The third-order valence-corrected chi connectivity index (χ3v) is 4.51. The first-order valence-corrected chi connectivity index (χ1v) is 9.16. The van der Waals surface area contributed by atoms with Crippen LogP contribution < -0.4 is 18.9 Å². The quantitative estimate of drug-likeness (QED) is 0.548. The normalized spacial score (nSPS) is 10.3. The molecule has 0 aliphatic heterocycles. The molecule has 0 spiro atoms. The van der Waals surface area contributed by atoms with Crippen LogP contribution in [0.2, 0.25) is 0 Å². The molecule has 140 valence electrons. The molecule has 26 heavy (non-hydrogen) atoms. The number of rotatable bonds is 9. The zero-order chi connectivity index (χ0) is 19.1. The van der Waals surface area contributed by atoms with E-state index >= 15 is 0 Å². The molecule has 0 heterocycles. The van der Waals surface area contributed by atoms with Crippen LogP contribution in [0.4, 0.5) is 0 Å². The molecule has 2 aromatic rings. The summed E-state index contributed by atoms with van der Waals surface area (Å²) in [7, 11) is 3.14. The molecule has 6 heteroatoms. The van der Waals surface area contributed by atoms with E-state index in [4.69, 9.17) is 18.9 Å². The van der Waals surface area contributed by atoms with E-state index in [2.05, 4.69) is 15.9 Å². The third kappa shape index (κ3) is 4.69. The Bertz CT molecular complexity index is 773. The minimum atomic E-state index is -0.0260. The van der Waals surface area contributed by atoms with E-state index in [1.165, 1.54) is 0 Å². The molecular weight excluding hydrogens is 400 g/mol. The van der Waals surface area contributed by atoms with Gasteiger partial charge in [0, 0.05) is 16.5 Å². The Morgan fingerprint density at radius 1 is 0.885 bits per heavy atom. The van der Waals surface area contributed by atoms with Gasteiger partial charge < -0.3 is 18.9 Å². The summed E-state index contributed by atoms with van der Waals surface area (Å²) in [5.41, 5.74) is 1.39. The number of hydrogen-bond donors (Lipinski definition) is 0. The first-order valence-electron chi connectivity index (χ1n) is 8.37. The van der Waals surface area contributed by atoms with Gasteiger partial charge in [-0.3, -0.25) is 4.79 Å². The predicted octanol–water partition coefficient (Wildman–Crippen LogP) is 4.69. The molecule has 0 radical (unpaired) electrons. The molecule has 0 saturated carbocycles. The number of ether oxygens (including phenoxy) is 4. The average Bonchev–Trinajstić information content (AvgIpc) is 2.64. The summed E-state index contributed by atoms with van der Waals surface area (Å²) < 4.78 is 22.5. The van der Waals surface area contributed by atoms with Crippen LogP contribution in [0.1, 0.15) is 29.8 Å². The van der Waals surface area contributed by atoms with Crippen LogP contribution in [0.15, 0.2) is 34.8 Å². The number of carbonyl (C=O) groups is 1. The standard InChI is InChI=1S/C20H23BrO5/c1-5-25-17-8-7-13(10-20(17)26-6-2)16(22)9-14-11-18(23-3)19(24-4)12-15(14)21/h7-8,10-12H,5-6,9H2,1-4H3. The number of ketones is 1. The number of hydrogen-bond acceptors (Lipinski definition) is 5. The van der Waals surface area contributed by atoms with Gasteiger partial charge in [-0.05, 0) is 49.7 Å². The average molecular weight is 423 g/mol. The number of Topliss-reactive ketones (excluding diaryl/α,β-unsaturated/α-hetero) is 1. The summed E-state index contributed by atoms with van der Waals surface area (Å²) in [6.45, 7) is 4.83. The van der Waals surface area contributed by atoms with Crippen molar-refractivity contribution in [2.75, 3.05) is 27.4 Å². The fraction of sp³-hybridized carbons (Fsp3) is 0.350. The number of benzene rings is 2. The largest absolute Gasteiger partial charge is 0.493 e. The Labute approximate surface area is 162 Å². The monoisotopic (exact) mass is 422 g/mol. The number of carbonyl (C=O) groups excluding carboxylic acids is 1. The molecule has 0 amide bonds. The van der Waals surface area contributed by atoms with Crippen molar-refractivity contribution in [1.82, 2.24) is 0 Å². The zero-order valence-corrected chi connectivity index (χ0v) is 17.0. The highest BCUT2D eigenvalue weighted by Crippen LogP contribution is 2.34. The van der Waals surface area contributed by atoms with Crippen molar-refractivity contribution in [3.05, 3.63) is 45.9 Å². The molecule has 0 N–H and O–H groups in total. The van der Waals surface area contributed by atoms with E-state index < -0.39 is 0 Å². The van der Waals surface area contributed by atoms with Gasteiger partial charge in [-0.1, -0.05) is 15.9 Å². The van der Waals surface area contributed by atoms with Crippen LogP contribution in [-0.2, 0) is 6.42 Å². The summed E-state index contributed by atoms with van der Waals surface area (Å²) in [5.74, 6) is 2.38. The summed E-state index contributed by atoms with van der Waals surface area (Å²) >= 11 is 3.49. The smallest absolute Gasteiger partial charge is 0.167 e. The first kappa shape index (κ1) is 20.1. The molecule has 5 nitrogen and oxygen atoms in total. The second kappa shape index (κ2) is 9.48. The SMILES string of the molecule is CCOc1ccc(C(=O)Cc2cc(OC)c(OC)cc2Br)cc1OCC. The van der Waals surface area contributed by atoms with Gasteiger partial charge >= 0.3 is 0 Å². The molecule has 0 fully saturated rings. The Balaban J connectivity index is 2.28. The van der Waals surface area contributed by atoms with E-state index in [9.17, 15) is 4.79 Å². The molecule has 0 unspecified atom stereocenters. The second-order valence-electron chi connectivity index (χ2n) is 5.43. The Kier molecular flexibility index (Phi) is 7.33. The van der Waals surface area contributed by atoms with Gasteiger partial charge in [0.2, 0.25) is 0 Å². The van der Waals surface area contributed by atoms with Crippen LogP contribution in [0.3, 0.4) is 0 Å². The molecule has 0 saturated heterocycles. The van der Waals surface area contributed by atoms with Gasteiger partial charge in [0.1, 0.15) is 0 Å². The van der Waals surface area contributed by atoms with Crippen LogP contribution >= 0.6 is 15.9 Å². The van der Waals surface area contributed by atoms with Crippen molar-refractivity contribution in [3.8, 4) is 23.0 Å². The van der Waals surface area contributed by atoms with Crippen molar-refractivity contribution in [2.45, 2.75) is 20.3 Å². The van der Waals surface area contributed by atoms with Crippen molar-refractivity contribution in [1.29, 1.82) is 0 Å². The van der Waals surface area contributed by atoms with E-state index in [-0.39, 0.29) is 12.2 Å². The highest BCUT2D eigenvalue weighted by molar-refractivity contribution is 9.10. The lowest BCUT2D eigenvalue weighted by molar-refractivity contribution is 0.0992. The maximum Gasteiger partial charge on any atom is 0.167 e. The topological polar surface area (TPSA) is 54.0 Å². The predicted molar refractivity (Wildman–Crippen MR) is 104 cm³/mol. The highest BCUT2D eigenvalue weighted by atomic mass is 79.9. The second-order valence-corrected chi connectivity index (χ2v) is 6.28. The minimum absolute atomic E-state index is 0.0260. The van der Waals surface area contributed by atoms with Crippen LogP contribution in [0, 0.1) is 0 Å². The fourth-order valence-corrected chi connectivity index (χ4v) is 2.99. The number of halogens is 1. The number of methoxy groups -OCH3 is 2. The van der Waals surface area contributed by atoms with Gasteiger partial charge in [-0.15, -0.1) is 0 Å². The Morgan fingerprint density at radius 2 is 1.50 bits per heavy atom. The lowest BCUT2D eigenvalue weighted by Gasteiger charge is -2.13. The summed E-state index contributed by atoms with van der Waals surface area (Å²) in [6.07, 6.45) is 0.223. The van der Waals surface area contributed by atoms with Gasteiger partial charge in [0.25, 0.3) is 0 Å². The van der Waals surface area contributed by atoms with Crippen molar-refractivity contribution in [2.24, 2.45) is 0 Å². The molecule has 2 aromatic carbocycles. The maximum atomic E-state index is 12.8. The van der Waals surface area contributed by atoms with E-state index in [0.717, 1.165) is 10.0 Å². The highest BCUT2D eigenvalue weighted by Gasteiger charge is 2.16. The summed E-state index contributed by atoms with van der Waals surface area (Å²) in [6, 6.07) is 8.85. The Morgan fingerprint density at radius 3 is 2.12 bits per heavy atom. The Hall–Kier alpha value is -2.21. The molecule has 0 atom stereocenters. The zero-order valence-electron chi connectivity index (χ0n) is 15.4. The molecule has 2 rings (SSSR count). The van der Waals surface area contributed by atoms with E-state index in [0.29, 0.717) is 41.8 Å². The maximum absolute atomic E-state index is 12.8. The van der Waals surface area contributed by atoms with Gasteiger partial charge in [0.15, 0.2) is 28.8 Å². The first-order chi connectivity index (χ1) is 12.5. The summed E-state index contributed by atoms with van der Waals surface area (Å²) in [5, 5.41) is 0. The van der Waals surface area contributed by atoms with Crippen molar-refractivity contribution in [3.63, 3.8) is 0 Å². The van der Waals surface area contributed by atoms with Crippen LogP contribution in [-0.4, -0.2) is 33.2 Å². The molecular formula is C20H23BrO5. The molecule has 0 aromatic heterocycles. The van der Waals surface area contributed by atoms with Crippen molar-refractivity contribution < 1.29 is 23.7 Å². The van der Waals surface area contributed by atoms with Gasteiger partial charge in [-0.2, -0.15) is 0 Å².